The highest BCUT2D eigenvalue weighted by atomic mass is 35.5. The molecule has 0 fully saturated rings. The van der Waals surface area contributed by atoms with E-state index < -0.39 is 4.92 Å². The standard InChI is InChI=1S/C16H15ClN2O5/c1-23-14-6-3-10(7-15(14)24-2)8-16(20)18-13-9-11(19(21)22)4-5-12(13)17/h3-7,9H,8H2,1-2H3,(H,18,20). The average molecular weight is 351 g/mol. The molecule has 1 amide bonds. The molecule has 0 saturated carbocycles. The van der Waals surface area contributed by atoms with Crippen LogP contribution in [0.25, 0.3) is 0 Å². The van der Waals surface area contributed by atoms with Gasteiger partial charge in [0.05, 0.1) is 36.3 Å². The van der Waals surface area contributed by atoms with E-state index in [-0.39, 0.29) is 28.7 Å². The Hall–Kier alpha value is -2.80. The Morgan fingerprint density at radius 3 is 2.50 bits per heavy atom. The lowest BCUT2D eigenvalue weighted by atomic mass is 10.1. The number of rotatable bonds is 6. The molecule has 0 atom stereocenters. The molecule has 2 rings (SSSR count). The van der Waals surface area contributed by atoms with Crippen molar-refractivity contribution in [2.75, 3.05) is 19.5 Å². The zero-order valence-corrected chi connectivity index (χ0v) is 13.8. The summed E-state index contributed by atoms with van der Waals surface area (Å²) in [7, 11) is 3.03. The van der Waals surface area contributed by atoms with Crippen LogP contribution in [0.15, 0.2) is 36.4 Å². The smallest absolute Gasteiger partial charge is 0.271 e. The third-order valence-electron chi connectivity index (χ3n) is 3.25. The third-order valence-corrected chi connectivity index (χ3v) is 3.58. The highest BCUT2D eigenvalue weighted by molar-refractivity contribution is 6.33. The summed E-state index contributed by atoms with van der Waals surface area (Å²) in [6, 6.07) is 8.97. The van der Waals surface area contributed by atoms with E-state index in [0.29, 0.717) is 17.1 Å². The van der Waals surface area contributed by atoms with Gasteiger partial charge in [0.15, 0.2) is 11.5 Å². The second-order valence-electron chi connectivity index (χ2n) is 4.84. The Morgan fingerprint density at radius 2 is 1.88 bits per heavy atom. The van der Waals surface area contributed by atoms with Gasteiger partial charge < -0.3 is 14.8 Å². The zero-order chi connectivity index (χ0) is 17.7. The number of halogens is 1. The van der Waals surface area contributed by atoms with Crippen molar-refractivity contribution in [2.24, 2.45) is 0 Å². The second kappa shape index (κ2) is 7.65. The van der Waals surface area contributed by atoms with Gasteiger partial charge in [0, 0.05) is 12.1 Å². The molecule has 0 radical (unpaired) electrons. The molecule has 2 aromatic carbocycles. The van der Waals surface area contributed by atoms with Crippen LogP contribution in [0, 0.1) is 10.1 Å². The lowest BCUT2D eigenvalue weighted by Crippen LogP contribution is -2.15. The largest absolute Gasteiger partial charge is 0.493 e. The Balaban J connectivity index is 2.14. The van der Waals surface area contributed by atoms with E-state index in [0.717, 1.165) is 0 Å². The lowest BCUT2D eigenvalue weighted by molar-refractivity contribution is -0.384. The quantitative estimate of drug-likeness (QED) is 0.636. The van der Waals surface area contributed by atoms with Gasteiger partial charge in [0.1, 0.15) is 0 Å². The zero-order valence-electron chi connectivity index (χ0n) is 13.0. The van der Waals surface area contributed by atoms with E-state index in [1.54, 1.807) is 18.2 Å². The summed E-state index contributed by atoms with van der Waals surface area (Å²) in [4.78, 5) is 22.4. The number of benzene rings is 2. The fourth-order valence-electron chi connectivity index (χ4n) is 2.09. The number of anilines is 1. The minimum absolute atomic E-state index is 0.0549. The maximum Gasteiger partial charge on any atom is 0.271 e. The monoisotopic (exact) mass is 350 g/mol. The highest BCUT2D eigenvalue weighted by Crippen LogP contribution is 2.29. The number of non-ortho nitro benzene ring substituents is 1. The minimum atomic E-state index is -0.555. The van der Waals surface area contributed by atoms with Crippen LogP contribution < -0.4 is 14.8 Å². The van der Waals surface area contributed by atoms with Crippen LogP contribution in [0.3, 0.4) is 0 Å². The summed E-state index contributed by atoms with van der Waals surface area (Å²) in [5.74, 6) is 0.712. The molecular formula is C16H15ClN2O5. The maximum atomic E-state index is 12.2. The number of carbonyl (C=O) groups is 1. The number of nitro benzene ring substituents is 1. The SMILES string of the molecule is COc1ccc(CC(=O)Nc2cc([N+](=O)[O-])ccc2Cl)cc1OC. The minimum Gasteiger partial charge on any atom is -0.493 e. The number of nitrogens with one attached hydrogen (secondary N) is 1. The molecule has 1 N–H and O–H groups in total. The summed E-state index contributed by atoms with van der Waals surface area (Å²) in [6.07, 6.45) is 0.0549. The van der Waals surface area contributed by atoms with Crippen molar-refractivity contribution in [3.63, 3.8) is 0 Å². The Morgan fingerprint density at radius 1 is 1.17 bits per heavy atom. The first-order valence-electron chi connectivity index (χ1n) is 6.89. The number of nitro groups is 1. The summed E-state index contributed by atoms with van der Waals surface area (Å²) in [5.41, 5.74) is 0.740. The van der Waals surface area contributed by atoms with Crippen molar-refractivity contribution in [1.82, 2.24) is 0 Å². The molecule has 126 valence electrons. The number of carbonyl (C=O) groups excluding carboxylic acids is 1. The van der Waals surface area contributed by atoms with Gasteiger partial charge in [-0.15, -0.1) is 0 Å². The van der Waals surface area contributed by atoms with Crippen molar-refractivity contribution in [3.8, 4) is 11.5 Å². The Kier molecular flexibility index (Phi) is 5.59. The van der Waals surface area contributed by atoms with E-state index in [1.165, 1.54) is 32.4 Å². The topological polar surface area (TPSA) is 90.7 Å². The Labute approximate surface area is 143 Å². The first-order chi connectivity index (χ1) is 11.4. The fraction of sp³-hybridized carbons (Fsp3) is 0.188. The molecule has 8 heteroatoms. The molecule has 0 spiro atoms. The van der Waals surface area contributed by atoms with Crippen LogP contribution in [0.1, 0.15) is 5.56 Å². The average Bonchev–Trinajstić information content (AvgIpc) is 2.56. The van der Waals surface area contributed by atoms with Crippen LogP contribution in [0.4, 0.5) is 11.4 Å². The fourth-order valence-corrected chi connectivity index (χ4v) is 2.26. The molecule has 0 bridgehead atoms. The lowest BCUT2D eigenvalue weighted by Gasteiger charge is -2.10. The van der Waals surface area contributed by atoms with Crippen molar-refractivity contribution in [3.05, 3.63) is 57.1 Å². The number of ether oxygens (including phenoxy) is 2. The maximum absolute atomic E-state index is 12.2. The number of methoxy groups -OCH3 is 2. The van der Waals surface area contributed by atoms with Gasteiger partial charge >= 0.3 is 0 Å². The van der Waals surface area contributed by atoms with Gasteiger partial charge in [-0.05, 0) is 23.8 Å². The van der Waals surface area contributed by atoms with E-state index in [2.05, 4.69) is 5.32 Å². The van der Waals surface area contributed by atoms with Gasteiger partial charge in [-0.2, -0.15) is 0 Å². The highest BCUT2D eigenvalue weighted by Gasteiger charge is 2.13. The molecule has 0 aliphatic rings. The molecular weight excluding hydrogens is 336 g/mol. The van der Waals surface area contributed by atoms with Crippen LogP contribution >= 0.6 is 11.6 Å². The second-order valence-corrected chi connectivity index (χ2v) is 5.24. The van der Waals surface area contributed by atoms with Gasteiger partial charge in [-0.1, -0.05) is 17.7 Å². The van der Waals surface area contributed by atoms with Crippen molar-refractivity contribution in [2.45, 2.75) is 6.42 Å². The third kappa shape index (κ3) is 4.14. The van der Waals surface area contributed by atoms with Crippen LogP contribution in [0.2, 0.25) is 5.02 Å². The molecule has 0 heterocycles. The van der Waals surface area contributed by atoms with Crippen molar-refractivity contribution in [1.29, 1.82) is 0 Å². The molecule has 7 nitrogen and oxygen atoms in total. The summed E-state index contributed by atoms with van der Waals surface area (Å²) < 4.78 is 10.3. The number of hydrogen-bond donors (Lipinski definition) is 1. The molecule has 0 aromatic heterocycles. The predicted molar refractivity (Wildman–Crippen MR) is 90.0 cm³/mol. The van der Waals surface area contributed by atoms with Crippen molar-refractivity contribution >= 4 is 28.9 Å². The van der Waals surface area contributed by atoms with Gasteiger partial charge in [-0.25, -0.2) is 0 Å². The van der Waals surface area contributed by atoms with Gasteiger partial charge in [0.2, 0.25) is 5.91 Å². The summed E-state index contributed by atoms with van der Waals surface area (Å²) in [5, 5.41) is 13.6. The van der Waals surface area contributed by atoms with E-state index in [1.807, 2.05) is 0 Å². The Bertz CT molecular complexity index is 779. The molecule has 0 aliphatic carbocycles. The molecule has 0 saturated heterocycles. The van der Waals surface area contributed by atoms with Crippen LogP contribution in [-0.2, 0) is 11.2 Å². The number of hydrogen-bond acceptors (Lipinski definition) is 5. The van der Waals surface area contributed by atoms with Gasteiger partial charge in [0.25, 0.3) is 5.69 Å². The predicted octanol–water partition coefficient (Wildman–Crippen LogP) is 3.45. The molecule has 0 aliphatic heterocycles. The number of amides is 1. The van der Waals surface area contributed by atoms with Crippen LogP contribution in [0.5, 0.6) is 11.5 Å². The first kappa shape index (κ1) is 17.6. The number of nitrogens with zero attached hydrogens (tertiary/aromatic N) is 1. The summed E-state index contributed by atoms with van der Waals surface area (Å²) >= 11 is 5.96. The van der Waals surface area contributed by atoms with Gasteiger partial charge in [-0.3, -0.25) is 14.9 Å². The summed E-state index contributed by atoms with van der Waals surface area (Å²) in [6.45, 7) is 0. The van der Waals surface area contributed by atoms with E-state index in [9.17, 15) is 14.9 Å². The van der Waals surface area contributed by atoms with E-state index in [4.69, 9.17) is 21.1 Å². The normalized spacial score (nSPS) is 10.1. The van der Waals surface area contributed by atoms with Crippen LogP contribution in [-0.4, -0.2) is 25.1 Å². The van der Waals surface area contributed by atoms with Crippen molar-refractivity contribution < 1.29 is 19.2 Å². The van der Waals surface area contributed by atoms with E-state index >= 15 is 0 Å². The molecule has 24 heavy (non-hydrogen) atoms. The molecule has 0 unspecified atom stereocenters. The molecule has 2 aromatic rings. The first-order valence-corrected chi connectivity index (χ1v) is 7.27.